The molecule has 1 unspecified atom stereocenters. The van der Waals surface area contributed by atoms with Crippen molar-refractivity contribution in [3.63, 3.8) is 0 Å². The van der Waals surface area contributed by atoms with Gasteiger partial charge < -0.3 is 9.84 Å². The van der Waals surface area contributed by atoms with E-state index >= 15 is 0 Å². The van der Waals surface area contributed by atoms with E-state index in [0.717, 1.165) is 16.9 Å². The molecule has 3 heteroatoms. The summed E-state index contributed by atoms with van der Waals surface area (Å²) in [6.07, 6.45) is 0.0563. The molecule has 2 nitrogen and oxygen atoms in total. The Kier molecular flexibility index (Phi) is 4.24. The standard InChI is InChI=1S/C15H15ClO2/c1-18-14-8-4-12(5-9-14)15(17)10-11-2-6-13(16)7-3-11/h2-9,15,17H,10H2,1H3. The maximum atomic E-state index is 10.1. The number of benzene rings is 2. The molecule has 0 heterocycles. The van der Waals surface area contributed by atoms with E-state index in [1.807, 2.05) is 48.5 Å². The lowest BCUT2D eigenvalue weighted by Crippen LogP contribution is -2.01. The molecule has 2 aromatic rings. The van der Waals surface area contributed by atoms with Crippen molar-refractivity contribution in [3.05, 3.63) is 64.7 Å². The molecule has 0 radical (unpaired) electrons. The van der Waals surface area contributed by atoms with Crippen LogP contribution in [0.25, 0.3) is 0 Å². The lowest BCUT2D eigenvalue weighted by molar-refractivity contribution is 0.178. The molecule has 0 spiro atoms. The van der Waals surface area contributed by atoms with Gasteiger partial charge >= 0.3 is 0 Å². The maximum Gasteiger partial charge on any atom is 0.118 e. The summed E-state index contributed by atoms with van der Waals surface area (Å²) in [7, 11) is 1.62. The van der Waals surface area contributed by atoms with Crippen molar-refractivity contribution in [2.24, 2.45) is 0 Å². The smallest absolute Gasteiger partial charge is 0.118 e. The zero-order valence-corrected chi connectivity index (χ0v) is 10.9. The number of rotatable bonds is 4. The fraction of sp³-hybridized carbons (Fsp3) is 0.200. The molecule has 18 heavy (non-hydrogen) atoms. The Morgan fingerprint density at radius 3 is 2.22 bits per heavy atom. The molecule has 0 amide bonds. The molecule has 94 valence electrons. The van der Waals surface area contributed by atoms with Gasteiger partial charge in [0.2, 0.25) is 0 Å². The molecule has 1 atom stereocenters. The van der Waals surface area contributed by atoms with Crippen molar-refractivity contribution in [3.8, 4) is 5.75 Å². The SMILES string of the molecule is COc1ccc(C(O)Cc2ccc(Cl)cc2)cc1. The summed E-state index contributed by atoms with van der Waals surface area (Å²) < 4.78 is 5.08. The lowest BCUT2D eigenvalue weighted by Gasteiger charge is -2.11. The highest BCUT2D eigenvalue weighted by molar-refractivity contribution is 6.30. The number of ether oxygens (including phenoxy) is 1. The second-order valence-corrected chi connectivity index (χ2v) is 4.56. The van der Waals surface area contributed by atoms with Crippen LogP contribution in [0.1, 0.15) is 17.2 Å². The quantitative estimate of drug-likeness (QED) is 0.912. The van der Waals surface area contributed by atoms with Gasteiger partial charge in [-0.1, -0.05) is 35.9 Å². The molecule has 0 fully saturated rings. The van der Waals surface area contributed by atoms with E-state index in [2.05, 4.69) is 0 Å². The van der Waals surface area contributed by atoms with Crippen LogP contribution in [0.3, 0.4) is 0 Å². The van der Waals surface area contributed by atoms with Crippen molar-refractivity contribution in [2.75, 3.05) is 7.11 Å². The fourth-order valence-electron chi connectivity index (χ4n) is 1.79. The fourth-order valence-corrected chi connectivity index (χ4v) is 1.91. The number of aliphatic hydroxyl groups excluding tert-OH is 1. The summed E-state index contributed by atoms with van der Waals surface area (Å²) in [5.74, 6) is 0.789. The number of hydrogen-bond acceptors (Lipinski definition) is 2. The molecule has 0 aromatic heterocycles. The van der Waals surface area contributed by atoms with Gasteiger partial charge in [0.15, 0.2) is 0 Å². The minimum atomic E-state index is -0.517. The molecule has 0 aliphatic rings. The Morgan fingerprint density at radius 2 is 1.67 bits per heavy atom. The lowest BCUT2D eigenvalue weighted by atomic mass is 10.0. The third-order valence-corrected chi connectivity index (χ3v) is 3.09. The number of aliphatic hydroxyl groups is 1. The van der Waals surface area contributed by atoms with Crippen LogP contribution in [0.2, 0.25) is 5.02 Å². The number of hydrogen-bond donors (Lipinski definition) is 1. The average Bonchev–Trinajstić information content (AvgIpc) is 2.41. The molecule has 2 rings (SSSR count). The summed E-state index contributed by atoms with van der Waals surface area (Å²) in [5.41, 5.74) is 1.94. The van der Waals surface area contributed by atoms with Crippen LogP contribution in [0.15, 0.2) is 48.5 Å². The van der Waals surface area contributed by atoms with Gasteiger partial charge in [0.05, 0.1) is 13.2 Å². The van der Waals surface area contributed by atoms with Gasteiger partial charge in [-0.3, -0.25) is 0 Å². The van der Waals surface area contributed by atoms with Crippen molar-refractivity contribution in [2.45, 2.75) is 12.5 Å². The Hall–Kier alpha value is -1.51. The van der Waals surface area contributed by atoms with E-state index in [1.165, 1.54) is 0 Å². The van der Waals surface area contributed by atoms with E-state index in [-0.39, 0.29) is 0 Å². The molecular formula is C15H15ClO2. The maximum absolute atomic E-state index is 10.1. The molecule has 0 saturated heterocycles. The van der Waals surface area contributed by atoms with E-state index in [9.17, 15) is 5.11 Å². The summed E-state index contributed by atoms with van der Waals surface area (Å²) in [6, 6.07) is 15.0. The minimum absolute atomic E-state index is 0.517. The van der Waals surface area contributed by atoms with Crippen molar-refractivity contribution < 1.29 is 9.84 Å². The molecular weight excluding hydrogens is 248 g/mol. The second kappa shape index (κ2) is 5.89. The summed E-state index contributed by atoms with van der Waals surface area (Å²) in [6.45, 7) is 0. The normalized spacial score (nSPS) is 12.2. The number of halogens is 1. The van der Waals surface area contributed by atoms with Crippen molar-refractivity contribution in [1.29, 1.82) is 0 Å². The van der Waals surface area contributed by atoms with E-state index in [1.54, 1.807) is 7.11 Å². The molecule has 1 N–H and O–H groups in total. The Bertz CT molecular complexity index is 491. The van der Waals surface area contributed by atoms with Crippen LogP contribution in [0.5, 0.6) is 5.75 Å². The van der Waals surface area contributed by atoms with Crippen molar-refractivity contribution in [1.82, 2.24) is 0 Å². The van der Waals surface area contributed by atoms with Crippen LogP contribution in [-0.4, -0.2) is 12.2 Å². The van der Waals surface area contributed by atoms with Crippen LogP contribution >= 0.6 is 11.6 Å². The first-order valence-corrected chi connectivity index (χ1v) is 6.13. The monoisotopic (exact) mass is 262 g/mol. The van der Waals surface area contributed by atoms with Gasteiger partial charge in [-0.05, 0) is 35.4 Å². The average molecular weight is 263 g/mol. The minimum Gasteiger partial charge on any atom is -0.497 e. The summed E-state index contributed by atoms with van der Waals surface area (Å²) >= 11 is 5.82. The predicted molar refractivity (Wildman–Crippen MR) is 73.1 cm³/mol. The molecule has 2 aromatic carbocycles. The van der Waals surface area contributed by atoms with Crippen LogP contribution in [-0.2, 0) is 6.42 Å². The second-order valence-electron chi connectivity index (χ2n) is 4.12. The van der Waals surface area contributed by atoms with Gasteiger partial charge in [-0.15, -0.1) is 0 Å². The Morgan fingerprint density at radius 1 is 1.06 bits per heavy atom. The zero-order valence-electron chi connectivity index (χ0n) is 10.1. The Labute approximate surface area is 112 Å². The van der Waals surface area contributed by atoms with Gasteiger partial charge in [-0.2, -0.15) is 0 Å². The third kappa shape index (κ3) is 3.25. The van der Waals surface area contributed by atoms with Crippen LogP contribution < -0.4 is 4.74 Å². The molecule has 0 bridgehead atoms. The molecule has 0 aliphatic carbocycles. The van der Waals surface area contributed by atoms with Crippen LogP contribution in [0.4, 0.5) is 0 Å². The van der Waals surface area contributed by atoms with Gasteiger partial charge in [0, 0.05) is 11.4 Å². The highest BCUT2D eigenvalue weighted by Gasteiger charge is 2.08. The van der Waals surface area contributed by atoms with E-state index in [4.69, 9.17) is 16.3 Å². The van der Waals surface area contributed by atoms with Gasteiger partial charge in [0.25, 0.3) is 0 Å². The Balaban J connectivity index is 2.06. The first kappa shape index (κ1) is 12.9. The molecule has 0 saturated carbocycles. The summed E-state index contributed by atoms with van der Waals surface area (Å²) in [5, 5.41) is 10.8. The van der Waals surface area contributed by atoms with Crippen molar-refractivity contribution >= 4 is 11.6 Å². The van der Waals surface area contributed by atoms with E-state index in [0.29, 0.717) is 11.4 Å². The van der Waals surface area contributed by atoms with Crippen LogP contribution in [0, 0.1) is 0 Å². The van der Waals surface area contributed by atoms with E-state index < -0.39 is 6.10 Å². The highest BCUT2D eigenvalue weighted by atomic mass is 35.5. The number of methoxy groups -OCH3 is 1. The first-order valence-electron chi connectivity index (χ1n) is 5.75. The highest BCUT2D eigenvalue weighted by Crippen LogP contribution is 2.21. The predicted octanol–water partition coefficient (Wildman–Crippen LogP) is 3.62. The third-order valence-electron chi connectivity index (χ3n) is 2.84. The summed E-state index contributed by atoms with van der Waals surface area (Å²) in [4.78, 5) is 0. The largest absolute Gasteiger partial charge is 0.497 e. The molecule has 0 aliphatic heterocycles. The zero-order chi connectivity index (χ0) is 13.0. The topological polar surface area (TPSA) is 29.5 Å². The van der Waals surface area contributed by atoms with Gasteiger partial charge in [0.1, 0.15) is 5.75 Å². The van der Waals surface area contributed by atoms with Gasteiger partial charge in [-0.25, -0.2) is 0 Å². The first-order chi connectivity index (χ1) is 8.69.